The van der Waals surface area contributed by atoms with Crippen molar-refractivity contribution in [2.45, 2.75) is 0 Å². The van der Waals surface area contributed by atoms with Crippen LogP contribution >= 0.6 is 22.9 Å². The van der Waals surface area contributed by atoms with E-state index >= 15 is 0 Å². The average molecular weight is 271 g/mol. The molecule has 0 aliphatic heterocycles. The van der Waals surface area contributed by atoms with E-state index in [-0.39, 0.29) is 21.5 Å². The van der Waals surface area contributed by atoms with Crippen molar-refractivity contribution < 1.29 is 13.9 Å². The smallest absolute Gasteiger partial charge is 0.228 e. The predicted octanol–water partition coefficient (Wildman–Crippen LogP) is 3.13. The molecule has 0 unspecified atom stereocenters. The molecule has 0 bridgehead atoms. The molecule has 1 radical (unpaired) electrons. The summed E-state index contributed by atoms with van der Waals surface area (Å²) < 4.78 is 17.1. The van der Waals surface area contributed by atoms with Crippen molar-refractivity contribution in [2.24, 2.45) is 0 Å². The lowest BCUT2D eigenvalue weighted by Gasteiger charge is -2.05. The normalized spacial score (nSPS) is 10.2. The van der Waals surface area contributed by atoms with E-state index in [1.807, 2.05) is 0 Å². The highest BCUT2D eigenvalue weighted by atomic mass is 35.5. The number of ketones is 1. The fourth-order valence-electron chi connectivity index (χ4n) is 1.29. The van der Waals surface area contributed by atoms with Crippen LogP contribution in [0.15, 0.2) is 24.3 Å². The summed E-state index contributed by atoms with van der Waals surface area (Å²) in [6, 6.07) is 6.36. The maximum atomic E-state index is 12.2. The van der Waals surface area contributed by atoms with Crippen LogP contribution in [0.25, 0.3) is 0 Å². The summed E-state index contributed by atoms with van der Waals surface area (Å²) in [7, 11) is 0. The van der Waals surface area contributed by atoms with Crippen molar-refractivity contribution in [2.75, 3.05) is 6.86 Å². The molecule has 0 amide bonds. The molecule has 1 heterocycles. The molecule has 0 aliphatic rings. The van der Waals surface area contributed by atoms with Gasteiger partial charge in [0.25, 0.3) is 0 Å². The van der Waals surface area contributed by atoms with E-state index in [0.717, 1.165) is 11.3 Å². The van der Waals surface area contributed by atoms with Crippen molar-refractivity contribution in [1.82, 2.24) is 4.98 Å². The molecule has 6 heteroatoms. The van der Waals surface area contributed by atoms with Crippen LogP contribution < -0.4 is 4.74 Å². The Bertz CT molecular complexity index is 544. The maximum Gasteiger partial charge on any atom is 0.228 e. The highest BCUT2D eigenvalue weighted by molar-refractivity contribution is 7.13. The lowest BCUT2D eigenvalue weighted by molar-refractivity contribution is 0.102. The molecule has 1 aromatic heterocycles. The van der Waals surface area contributed by atoms with Gasteiger partial charge in [-0.25, -0.2) is 9.37 Å². The number of aromatic nitrogens is 1. The van der Waals surface area contributed by atoms with E-state index < -0.39 is 12.6 Å². The summed E-state index contributed by atoms with van der Waals surface area (Å²) in [4.78, 5) is 15.8. The molecule has 17 heavy (non-hydrogen) atoms. The minimum atomic E-state index is -0.994. The van der Waals surface area contributed by atoms with E-state index in [1.165, 1.54) is 12.1 Å². The number of thiazole rings is 1. The van der Waals surface area contributed by atoms with Crippen LogP contribution in [0.3, 0.4) is 0 Å². The van der Waals surface area contributed by atoms with Crippen molar-refractivity contribution in [3.63, 3.8) is 0 Å². The fraction of sp³-hybridized carbons (Fsp3) is 0.0909. The van der Waals surface area contributed by atoms with Crippen LogP contribution in [0, 0.1) is 5.38 Å². The molecule has 0 saturated carbocycles. The van der Waals surface area contributed by atoms with Crippen LogP contribution in [0.4, 0.5) is 4.39 Å². The number of rotatable bonds is 4. The predicted molar refractivity (Wildman–Crippen MR) is 62.4 cm³/mol. The number of carbonyl (C=O) groups excluding carboxylic acids is 1. The van der Waals surface area contributed by atoms with Gasteiger partial charge in [-0.3, -0.25) is 4.79 Å². The van der Waals surface area contributed by atoms with Gasteiger partial charge in [0, 0.05) is 0 Å². The van der Waals surface area contributed by atoms with Crippen molar-refractivity contribution in [3.8, 4) is 5.75 Å². The van der Waals surface area contributed by atoms with Gasteiger partial charge in [0.2, 0.25) is 12.6 Å². The molecular weight excluding hydrogens is 265 g/mol. The Morgan fingerprint density at radius 1 is 1.53 bits per heavy atom. The summed E-state index contributed by atoms with van der Waals surface area (Å²) in [6.07, 6.45) is 0. The topological polar surface area (TPSA) is 39.2 Å². The number of para-hydroxylation sites is 1. The first-order valence-electron chi connectivity index (χ1n) is 4.59. The second kappa shape index (κ2) is 5.25. The second-order valence-corrected chi connectivity index (χ2v) is 4.37. The Kier molecular flexibility index (Phi) is 3.71. The standard InChI is InChI=1S/C11H6ClFNO2S/c12-11-14-8(5-17-11)10(15)7-3-1-2-4-9(7)16-6-13/h1-4H,6H2. The SMILES string of the molecule is O=C(c1[c]sc(Cl)n1)c1ccccc1OCF. The van der Waals surface area contributed by atoms with E-state index in [4.69, 9.17) is 16.3 Å². The van der Waals surface area contributed by atoms with E-state index in [1.54, 1.807) is 12.1 Å². The average Bonchev–Trinajstić information content (AvgIpc) is 2.76. The zero-order chi connectivity index (χ0) is 12.3. The molecule has 0 N–H and O–H groups in total. The molecule has 2 rings (SSSR count). The molecule has 0 aliphatic carbocycles. The summed E-state index contributed by atoms with van der Waals surface area (Å²) in [5.41, 5.74) is 0.346. The molecule has 2 aromatic rings. The van der Waals surface area contributed by atoms with Gasteiger partial charge < -0.3 is 4.74 Å². The van der Waals surface area contributed by atoms with Gasteiger partial charge in [-0.1, -0.05) is 23.7 Å². The van der Waals surface area contributed by atoms with Gasteiger partial charge in [0.15, 0.2) is 4.47 Å². The minimum absolute atomic E-state index is 0.106. The first-order chi connectivity index (χ1) is 8.22. The molecule has 0 atom stereocenters. The number of ether oxygens (including phenoxy) is 1. The number of halogens is 2. The van der Waals surface area contributed by atoms with Gasteiger partial charge >= 0.3 is 0 Å². The minimum Gasteiger partial charge on any atom is -0.462 e. The lowest BCUT2D eigenvalue weighted by atomic mass is 10.1. The Labute approximate surface area is 106 Å². The largest absolute Gasteiger partial charge is 0.462 e. The van der Waals surface area contributed by atoms with Crippen LogP contribution in [-0.2, 0) is 0 Å². The third-order valence-corrected chi connectivity index (χ3v) is 2.86. The zero-order valence-corrected chi connectivity index (χ0v) is 10.0. The number of benzene rings is 1. The summed E-state index contributed by atoms with van der Waals surface area (Å²) in [5, 5.41) is 2.67. The highest BCUT2D eigenvalue weighted by Crippen LogP contribution is 2.23. The maximum absolute atomic E-state index is 12.2. The third-order valence-electron chi connectivity index (χ3n) is 1.99. The van der Waals surface area contributed by atoms with Gasteiger partial charge in [0.05, 0.1) is 10.9 Å². The second-order valence-electron chi connectivity index (χ2n) is 3.00. The molecular formula is C11H6ClFNO2S. The quantitative estimate of drug-likeness (QED) is 0.801. The van der Waals surface area contributed by atoms with Gasteiger partial charge in [-0.2, -0.15) is 0 Å². The van der Waals surface area contributed by atoms with Gasteiger partial charge in [-0.15, -0.1) is 11.3 Å². The summed E-state index contributed by atoms with van der Waals surface area (Å²) in [6.45, 7) is -0.994. The van der Waals surface area contributed by atoms with Crippen LogP contribution in [0.1, 0.15) is 16.1 Å². The van der Waals surface area contributed by atoms with E-state index in [2.05, 4.69) is 10.4 Å². The van der Waals surface area contributed by atoms with Crippen LogP contribution in [0.5, 0.6) is 5.75 Å². The Balaban J connectivity index is 2.36. The molecule has 0 saturated heterocycles. The number of hydrogen-bond acceptors (Lipinski definition) is 4. The zero-order valence-electron chi connectivity index (χ0n) is 8.44. The van der Waals surface area contributed by atoms with E-state index in [0.29, 0.717) is 0 Å². The third kappa shape index (κ3) is 2.62. The number of carbonyl (C=O) groups is 1. The van der Waals surface area contributed by atoms with Crippen molar-refractivity contribution >= 4 is 28.7 Å². The molecule has 0 spiro atoms. The monoisotopic (exact) mass is 270 g/mol. The van der Waals surface area contributed by atoms with Crippen LogP contribution in [-0.4, -0.2) is 17.6 Å². The number of nitrogens with zero attached hydrogens (tertiary/aromatic N) is 1. The lowest BCUT2D eigenvalue weighted by Crippen LogP contribution is -2.05. The molecule has 0 fully saturated rings. The molecule has 1 aromatic carbocycles. The molecule has 3 nitrogen and oxygen atoms in total. The summed E-state index contributed by atoms with van der Waals surface area (Å²) in [5.74, 6) is -0.213. The highest BCUT2D eigenvalue weighted by Gasteiger charge is 2.17. The number of alkyl halides is 1. The molecule has 87 valence electrons. The Morgan fingerprint density at radius 3 is 2.94 bits per heavy atom. The first-order valence-corrected chi connectivity index (χ1v) is 5.78. The Morgan fingerprint density at radius 2 is 2.29 bits per heavy atom. The van der Waals surface area contributed by atoms with Gasteiger partial charge in [-0.05, 0) is 12.1 Å². The van der Waals surface area contributed by atoms with E-state index in [9.17, 15) is 9.18 Å². The van der Waals surface area contributed by atoms with Crippen molar-refractivity contribution in [3.05, 3.63) is 45.4 Å². The fourth-order valence-corrected chi connectivity index (χ4v) is 1.94. The van der Waals surface area contributed by atoms with Gasteiger partial charge in [0.1, 0.15) is 11.4 Å². The number of hydrogen-bond donors (Lipinski definition) is 0. The summed E-state index contributed by atoms with van der Waals surface area (Å²) >= 11 is 6.67. The van der Waals surface area contributed by atoms with Crippen LogP contribution in [0.2, 0.25) is 4.47 Å². The Hall–Kier alpha value is -1.46. The first kappa shape index (κ1) is 12.0. The van der Waals surface area contributed by atoms with Crippen molar-refractivity contribution in [1.29, 1.82) is 0 Å².